The van der Waals surface area contributed by atoms with Crippen molar-refractivity contribution in [3.05, 3.63) is 72.1 Å². The van der Waals surface area contributed by atoms with Gasteiger partial charge in [0.1, 0.15) is 11.4 Å². The van der Waals surface area contributed by atoms with Crippen LogP contribution in [0.3, 0.4) is 0 Å². The Bertz CT molecular complexity index is 1460. The van der Waals surface area contributed by atoms with E-state index in [1.165, 1.54) is 5.56 Å². The van der Waals surface area contributed by atoms with Gasteiger partial charge >= 0.3 is 0 Å². The van der Waals surface area contributed by atoms with Crippen molar-refractivity contribution in [1.29, 1.82) is 0 Å². The van der Waals surface area contributed by atoms with Crippen molar-refractivity contribution in [3.63, 3.8) is 0 Å². The lowest BCUT2D eigenvalue weighted by atomic mass is 10.1. The zero-order chi connectivity index (χ0) is 26.1. The number of ether oxygens (including phenoxy) is 3. The van der Waals surface area contributed by atoms with Gasteiger partial charge < -0.3 is 29.0 Å². The summed E-state index contributed by atoms with van der Waals surface area (Å²) in [5.74, 6) is 2.86. The van der Waals surface area contributed by atoms with Crippen LogP contribution in [0.4, 0.5) is 5.69 Å². The Balaban J connectivity index is 1.10. The molecule has 1 saturated heterocycles. The van der Waals surface area contributed by atoms with Crippen molar-refractivity contribution in [2.45, 2.75) is 13.5 Å². The Morgan fingerprint density at radius 1 is 1.00 bits per heavy atom. The lowest BCUT2D eigenvalue weighted by Gasteiger charge is -2.34. The van der Waals surface area contributed by atoms with E-state index >= 15 is 0 Å². The summed E-state index contributed by atoms with van der Waals surface area (Å²) < 4.78 is 18.8. The Labute approximate surface area is 221 Å². The number of carbonyl (C=O) groups excluding carboxylic acids is 1. The molecule has 4 aromatic rings. The standard InChI is InChI=1S/C29H31N5O4/c1-3-30-22-5-9-28(31-17-22)38-23-6-7-24-21(15-23)16-25(32(24)2)29(35)34-12-10-33(11-13-34)18-20-4-8-26-27(14-20)37-19-36-26/h4-9,14-17,30H,3,10-13,18-19H2,1-2H3. The number of hydrogen-bond acceptors (Lipinski definition) is 7. The molecule has 1 fully saturated rings. The minimum absolute atomic E-state index is 0.0505. The van der Waals surface area contributed by atoms with E-state index in [9.17, 15) is 4.79 Å². The summed E-state index contributed by atoms with van der Waals surface area (Å²) >= 11 is 0. The molecule has 0 spiro atoms. The van der Waals surface area contributed by atoms with Crippen LogP contribution in [0, 0.1) is 0 Å². The number of benzene rings is 2. The molecular weight excluding hydrogens is 482 g/mol. The van der Waals surface area contributed by atoms with E-state index in [2.05, 4.69) is 21.3 Å². The van der Waals surface area contributed by atoms with Crippen LogP contribution in [-0.2, 0) is 13.6 Å². The number of amides is 1. The fraction of sp³-hybridized carbons (Fsp3) is 0.310. The van der Waals surface area contributed by atoms with Gasteiger partial charge in [0.05, 0.1) is 11.9 Å². The molecule has 9 nitrogen and oxygen atoms in total. The third kappa shape index (κ3) is 4.84. The van der Waals surface area contributed by atoms with Crippen LogP contribution in [0.15, 0.2) is 60.8 Å². The predicted molar refractivity (Wildman–Crippen MR) is 145 cm³/mol. The highest BCUT2D eigenvalue weighted by atomic mass is 16.7. The number of carbonyl (C=O) groups is 1. The first-order valence-corrected chi connectivity index (χ1v) is 12.9. The number of nitrogens with one attached hydrogen (secondary N) is 1. The molecule has 0 bridgehead atoms. The van der Waals surface area contributed by atoms with Crippen LogP contribution in [0.2, 0.25) is 0 Å². The minimum Gasteiger partial charge on any atom is -0.454 e. The van der Waals surface area contributed by atoms with Gasteiger partial charge in [-0.1, -0.05) is 6.07 Å². The van der Waals surface area contributed by atoms with Crippen molar-refractivity contribution in [2.24, 2.45) is 7.05 Å². The molecule has 1 amide bonds. The second kappa shape index (κ2) is 10.3. The number of aromatic nitrogens is 2. The van der Waals surface area contributed by atoms with Crippen molar-refractivity contribution in [3.8, 4) is 23.1 Å². The topological polar surface area (TPSA) is 81.1 Å². The SMILES string of the molecule is CCNc1ccc(Oc2ccc3c(c2)cc(C(=O)N2CCN(Cc4ccc5c(c4)OCO5)CC2)n3C)nc1. The molecule has 0 atom stereocenters. The number of fused-ring (bicyclic) bond motifs is 2. The number of rotatable bonds is 7. The largest absolute Gasteiger partial charge is 0.454 e. The molecule has 6 rings (SSSR count). The summed E-state index contributed by atoms with van der Waals surface area (Å²) in [6.07, 6.45) is 1.76. The smallest absolute Gasteiger partial charge is 0.270 e. The molecule has 0 radical (unpaired) electrons. The third-order valence-corrected chi connectivity index (χ3v) is 7.08. The van der Waals surface area contributed by atoms with Crippen LogP contribution in [-0.4, -0.2) is 64.8 Å². The summed E-state index contributed by atoms with van der Waals surface area (Å²) in [5.41, 5.74) is 3.80. The molecule has 4 heterocycles. The first-order valence-electron chi connectivity index (χ1n) is 12.9. The van der Waals surface area contributed by atoms with Gasteiger partial charge in [0.2, 0.25) is 12.7 Å². The molecule has 0 aliphatic carbocycles. The highest BCUT2D eigenvalue weighted by Gasteiger charge is 2.25. The van der Waals surface area contributed by atoms with Gasteiger partial charge in [0.25, 0.3) is 5.91 Å². The highest BCUT2D eigenvalue weighted by molar-refractivity contribution is 5.99. The van der Waals surface area contributed by atoms with Crippen LogP contribution in [0.25, 0.3) is 10.9 Å². The van der Waals surface area contributed by atoms with Crippen LogP contribution in [0.5, 0.6) is 23.1 Å². The average molecular weight is 514 g/mol. The van der Waals surface area contributed by atoms with Crippen LogP contribution in [0.1, 0.15) is 23.0 Å². The first kappa shape index (κ1) is 24.1. The molecule has 2 aromatic carbocycles. The second-order valence-corrected chi connectivity index (χ2v) is 9.58. The Morgan fingerprint density at radius 3 is 2.63 bits per heavy atom. The second-order valence-electron chi connectivity index (χ2n) is 9.58. The summed E-state index contributed by atoms with van der Waals surface area (Å²) in [7, 11) is 1.94. The predicted octanol–water partition coefficient (Wildman–Crippen LogP) is 4.48. The number of pyridine rings is 1. The molecule has 0 unspecified atom stereocenters. The van der Waals surface area contributed by atoms with Crippen molar-refractivity contribution >= 4 is 22.5 Å². The normalized spacial score (nSPS) is 15.2. The molecule has 1 N–H and O–H groups in total. The Morgan fingerprint density at radius 2 is 1.84 bits per heavy atom. The van der Waals surface area contributed by atoms with E-state index in [1.54, 1.807) is 6.20 Å². The number of nitrogens with zero attached hydrogens (tertiary/aromatic N) is 4. The summed E-state index contributed by atoms with van der Waals surface area (Å²) in [6, 6.07) is 17.7. The maximum absolute atomic E-state index is 13.5. The van der Waals surface area contributed by atoms with E-state index < -0.39 is 0 Å². The summed E-state index contributed by atoms with van der Waals surface area (Å²) in [5, 5.41) is 4.18. The van der Waals surface area contributed by atoms with Gasteiger partial charge in [-0.3, -0.25) is 9.69 Å². The van der Waals surface area contributed by atoms with Crippen LogP contribution < -0.4 is 19.5 Å². The Kier molecular flexibility index (Phi) is 6.51. The zero-order valence-corrected chi connectivity index (χ0v) is 21.6. The quantitative estimate of drug-likeness (QED) is 0.390. The molecule has 38 heavy (non-hydrogen) atoms. The van der Waals surface area contributed by atoms with Gasteiger partial charge in [0.15, 0.2) is 11.5 Å². The van der Waals surface area contributed by atoms with Gasteiger partial charge in [0, 0.05) is 63.3 Å². The van der Waals surface area contributed by atoms with Crippen molar-refractivity contribution in [2.75, 3.05) is 44.8 Å². The van der Waals surface area contributed by atoms with Gasteiger partial charge in [-0.25, -0.2) is 4.98 Å². The maximum Gasteiger partial charge on any atom is 0.270 e. The molecule has 0 saturated carbocycles. The van der Waals surface area contributed by atoms with Crippen molar-refractivity contribution < 1.29 is 19.0 Å². The molecule has 2 aliphatic heterocycles. The van der Waals surface area contributed by atoms with Crippen molar-refractivity contribution in [1.82, 2.24) is 19.4 Å². The summed E-state index contributed by atoms with van der Waals surface area (Å²) in [6.45, 7) is 7.00. The molecule has 9 heteroatoms. The highest BCUT2D eigenvalue weighted by Crippen LogP contribution is 2.33. The molecular formula is C29H31N5O4. The fourth-order valence-electron chi connectivity index (χ4n) is 5.03. The van der Waals surface area contributed by atoms with E-state index in [4.69, 9.17) is 14.2 Å². The number of aryl methyl sites for hydroxylation is 1. The number of piperazine rings is 1. The van der Waals surface area contributed by atoms with E-state index in [1.807, 2.05) is 72.0 Å². The molecule has 2 aromatic heterocycles. The van der Waals surface area contributed by atoms with E-state index in [0.717, 1.165) is 54.3 Å². The first-order chi connectivity index (χ1) is 18.6. The number of hydrogen-bond donors (Lipinski definition) is 1. The lowest BCUT2D eigenvalue weighted by Crippen LogP contribution is -2.48. The average Bonchev–Trinajstić information content (AvgIpc) is 3.54. The van der Waals surface area contributed by atoms with Gasteiger partial charge in [-0.2, -0.15) is 0 Å². The Hall–Kier alpha value is -4.24. The minimum atomic E-state index is 0.0505. The lowest BCUT2D eigenvalue weighted by molar-refractivity contribution is 0.0619. The van der Waals surface area contributed by atoms with Gasteiger partial charge in [-0.05, 0) is 55.0 Å². The fourth-order valence-corrected chi connectivity index (χ4v) is 5.03. The van der Waals surface area contributed by atoms with Gasteiger partial charge in [-0.15, -0.1) is 0 Å². The van der Waals surface area contributed by atoms with E-state index in [0.29, 0.717) is 30.4 Å². The monoisotopic (exact) mass is 513 g/mol. The zero-order valence-electron chi connectivity index (χ0n) is 21.6. The molecule has 2 aliphatic rings. The third-order valence-electron chi connectivity index (χ3n) is 7.08. The molecule has 196 valence electrons. The maximum atomic E-state index is 13.5. The van der Waals surface area contributed by atoms with E-state index in [-0.39, 0.29) is 12.7 Å². The van der Waals surface area contributed by atoms with Crippen LogP contribution >= 0.6 is 0 Å². The number of anilines is 1. The summed E-state index contributed by atoms with van der Waals surface area (Å²) in [4.78, 5) is 22.1.